The minimum absolute atomic E-state index is 0.352. The summed E-state index contributed by atoms with van der Waals surface area (Å²) in [6.07, 6.45) is 6.17. The van der Waals surface area contributed by atoms with Crippen molar-refractivity contribution in [2.75, 3.05) is 7.11 Å². The first-order valence-electron chi connectivity index (χ1n) is 8.05. The van der Waals surface area contributed by atoms with Crippen LogP contribution in [0.25, 0.3) is 0 Å². The molecule has 2 fully saturated rings. The lowest BCUT2D eigenvalue weighted by Gasteiger charge is -2.28. The topological polar surface area (TPSA) is 38.3 Å². The Balaban J connectivity index is 1.60. The smallest absolute Gasteiger partial charge is 0.137 e. The summed E-state index contributed by atoms with van der Waals surface area (Å²) in [7, 11) is 1.67. The quantitative estimate of drug-likeness (QED) is 0.904. The van der Waals surface area contributed by atoms with E-state index < -0.39 is 0 Å². The summed E-state index contributed by atoms with van der Waals surface area (Å²) in [6, 6.07) is 7.38. The Morgan fingerprint density at radius 2 is 2.00 bits per heavy atom. The zero-order valence-corrected chi connectivity index (χ0v) is 13.0. The highest BCUT2D eigenvalue weighted by molar-refractivity contribution is 5.81. The molecule has 2 atom stereocenters. The van der Waals surface area contributed by atoms with E-state index in [-0.39, 0.29) is 0 Å². The number of methoxy groups -OCH3 is 1. The highest BCUT2D eigenvalue weighted by atomic mass is 16.5. The van der Waals surface area contributed by atoms with Crippen LogP contribution in [0.3, 0.4) is 0 Å². The van der Waals surface area contributed by atoms with Gasteiger partial charge in [0.05, 0.1) is 7.11 Å². The van der Waals surface area contributed by atoms with Gasteiger partial charge in [0.15, 0.2) is 0 Å². The number of benzene rings is 1. The number of aryl methyl sites for hydroxylation is 1. The Morgan fingerprint density at radius 3 is 2.67 bits per heavy atom. The van der Waals surface area contributed by atoms with Crippen LogP contribution in [0.1, 0.15) is 43.2 Å². The molecule has 2 unspecified atom stereocenters. The molecule has 2 aliphatic heterocycles. The predicted octanol–water partition coefficient (Wildman–Crippen LogP) is 3.04. The number of fused-ring (bicyclic) bond motifs is 2. The van der Waals surface area contributed by atoms with Gasteiger partial charge in [-0.2, -0.15) is 0 Å². The van der Waals surface area contributed by atoms with Crippen molar-refractivity contribution in [3.8, 4) is 5.75 Å². The third kappa shape index (κ3) is 3.46. The van der Waals surface area contributed by atoms with Gasteiger partial charge in [-0.3, -0.25) is 4.79 Å². The van der Waals surface area contributed by atoms with Crippen LogP contribution in [0, 0.1) is 12.8 Å². The number of hydrogen-bond donors (Lipinski definition) is 1. The van der Waals surface area contributed by atoms with E-state index in [4.69, 9.17) is 4.74 Å². The lowest BCUT2D eigenvalue weighted by atomic mass is 9.87. The van der Waals surface area contributed by atoms with E-state index in [0.29, 0.717) is 30.2 Å². The second-order valence-electron chi connectivity index (χ2n) is 6.71. The summed E-state index contributed by atoms with van der Waals surface area (Å²) >= 11 is 0. The molecule has 2 saturated heterocycles. The number of nitrogens with one attached hydrogen (secondary N) is 1. The average molecular weight is 287 g/mol. The van der Waals surface area contributed by atoms with Gasteiger partial charge < -0.3 is 10.1 Å². The molecule has 0 amide bonds. The Hall–Kier alpha value is -1.35. The monoisotopic (exact) mass is 287 g/mol. The van der Waals surface area contributed by atoms with Gasteiger partial charge in [0, 0.05) is 30.5 Å². The molecule has 3 heteroatoms. The number of ketones is 1. The molecule has 3 nitrogen and oxygen atoms in total. The van der Waals surface area contributed by atoms with Crippen LogP contribution in [-0.2, 0) is 11.2 Å². The van der Waals surface area contributed by atoms with E-state index in [1.54, 1.807) is 7.11 Å². The van der Waals surface area contributed by atoms with E-state index in [1.807, 2.05) is 12.1 Å². The van der Waals surface area contributed by atoms with Crippen LogP contribution < -0.4 is 10.1 Å². The summed E-state index contributed by atoms with van der Waals surface area (Å²) in [5, 5.41) is 3.64. The molecule has 2 heterocycles. The molecular weight excluding hydrogens is 262 g/mol. The van der Waals surface area contributed by atoms with Crippen molar-refractivity contribution in [2.24, 2.45) is 5.92 Å². The van der Waals surface area contributed by atoms with Crippen LogP contribution in [0.5, 0.6) is 5.75 Å². The highest BCUT2D eigenvalue weighted by Crippen LogP contribution is 2.33. The molecule has 0 spiro atoms. The van der Waals surface area contributed by atoms with Crippen molar-refractivity contribution < 1.29 is 9.53 Å². The highest BCUT2D eigenvalue weighted by Gasteiger charge is 2.34. The molecule has 0 saturated carbocycles. The third-order valence-electron chi connectivity index (χ3n) is 4.91. The number of hydrogen-bond acceptors (Lipinski definition) is 3. The van der Waals surface area contributed by atoms with E-state index in [9.17, 15) is 4.79 Å². The van der Waals surface area contributed by atoms with Crippen LogP contribution in [0.4, 0.5) is 0 Å². The van der Waals surface area contributed by atoms with Gasteiger partial charge in [0.1, 0.15) is 11.5 Å². The van der Waals surface area contributed by atoms with Gasteiger partial charge in [-0.25, -0.2) is 0 Å². The molecule has 21 heavy (non-hydrogen) atoms. The molecule has 1 N–H and O–H groups in total. The standard InChI is InChI=1S/C18H25NO2/c1-12-3-6-18(21-2)14(7-12)11-17(20)10-13-8-15-4-5-16(9-13)19-15/h3,6-7,13,15-16,19H,4-5,8-11H2,1-2H3. The van der Waals surface area contributed by atoms with Crippen LogP contribution in [-0.4, -0.2) is 25.0 Å². The number of rotatable bonds is 5. The molecule has 0 radical (unpaired) electrons. The molecule has 1 aromatic carbocycles. The molecule has 0 aromatic heterocycles. The first-order valence-corrected chi connectivity index (χ1v) is 8.05. The maximum atomic E-state index is 12.4. The fraction of sp³-hybridized carbons (Fsp3) is 0.611. The van der Waals surface area contributed by atoms with E-state index in [1.165, 1.54) is 31.2 Å². The van der Waals surface area contributed by atoms with Gasteiger partial charge in [-0.1, -0.05) is 17.7 Å². The van der Waals surface area contributed by atoms with Crippen LogP contribution in [0.2, 0.25) is 0 Å². The molecule has 1 aromatic rings. The van der Waals surface area contributed by atoms with E-state index in [2.05, 4.69) is 18.3 Å². The van der Waals surface area contributed by atoms with Crippen molar-refractivity contribution in [1.29, 1.82) is 0 Å². The Bertz CT molecular complexity index is 514. The van der Waals surface area contributed by atoms with Crippen LogP contribution >= 0.6 is 0 Å². The SMILES string of the molecule is COc1ccc(C)cc1CC(=O)CC1CC2CCC(C1)N2. The van der Waals surface area contributed by atoms with Crippen LogP contribution in [0.15, 0.2) is 18.2 Å². The summed E-state index contributed by atoms with van der Waals surface area (Å²) < 4.78 is 5.37. The molecule has 114 valence electrons. The fourth-order valence-corrected chi connectivity index (χ4v) is 3.99. The third-order valence-corrected chi connectivity index (χ3v) is 4.91. The van der Waals surface area contributed by atoms with Gasteiger partial charge >= 0.3 is 0 Å². The second kappa shape index (κ2) is 6.18. The van der Waals surface area contributed by atoms with Gasteiger partial charge in [-0.05, 0) is 44.6 Å². The molecular formula is C18H25NO2. The maximum absolute atomic E-state index is 12.4. The number of ether oxygens (including phenoxy) is 1. The number of carbonyl (C=O) groups excluding carboxylic acids is 1. The lowest BCUT2D eigenvalue weighted by Crippen LogP contribution is -2.38. The predicted molar refractivity (Wildman–Crippen MR) is 83.7 cm³/mol. The fourth-order valence-electron chi connectivity index (χ4n) is 3.99. The summed E-state index contributed by atoms with van der Waals surface area (Å²) in [4.78, 5) is 12.4. The lowest BCUT2D eigenvalue weighted by molar-refractivity contribution is -0.119. The molecule has 2 aliphatic rings. The summed E-state index contributed by atoms with van der Waals surface area (Å²) in [5.41, 5.74) is 2.21. The molecule has 0 aliphatic carbocycles. The molecule has 3 rings (SSSR count). The zero-order valence-electron chi connectivity index (χ0n) is 13.0. The first kappa shape index (κ1) is 14.6. The van der Waals surface area contributed by atoms with Gasteiger partial charge in [0.2, 0.25) is 0 Å². The van der Waals surface area contributed by atoms with Crippen molar-refractivity contribution in [3.63, 3.8) is 0 Å². The van der Waals surface area contributed by atoms with Gasteiger partial charge in [0.25, 0.3) is 0 Å². The maximum Gasteiger partial charge on any atom is 0.137 e. The minimum atomic E-state index is 0.352. The largest absolute Gasteiger partial charge is 0.496 e. The Labute approximate surface area is 127 Å². The molecule has 2 bridgehead atoms. The summed E-state index contributed by atoms with van der Waals surface area (Å²) in [6.45, 7) is 2.05. The average Bonchev–Trinajstić information content (AvgIpc) is 2.78. The zero-order chi connectivity index (χ0) is 14.8. The second-order valence-corrected chi connectivity index (χ2v) is 6.71. The van der Waals surface area contributed by atoms with Crippen molar-refractivity contribution in [1.82, 2.24) is 5.32 Å². The van der Waals surface area contributed by atoms with Crippen molar-refractivity contribution in [2.45, 2.75) is 57.5 Å². The van der Waals surface area contributed by atoms with E-state index in [0.717, 1.165) is 17.7 Å². The normalized spacial score (nSPS) is 27.6. The van der Waals surface area contributed by atoms with Crippen molar-refractivity contribution in [3.05, 3.63) is 29.3 Å². The first-order chi connectivity index (χ1) is 10.1. The Kier molecular flexibility index (Phi) is 4.29. The number of piperidine rings is 1. The van der Waals surface area contributed by atoms with Gasteiger partial charge in [-0.15, -0.1) is 0 Å². The number of carbonyl (C=O) groups is 1. The van der Waals surface area contributed by atoms with E-state index >= 15 is 0 Å². The minimum Gasteiger partial charge on any atom is -0.496 e. The Morgan fingerprint density at radius 1 is 1.29 bits per heavy atom. The van der Waals surface area contributed by atoms with Crippen molar-refractivity contribution >= 4 is 5.78 Å². The summed E-state index contributed by atoms with van der Waals surface area (Å²) in [5.74, 6) is 1.76. The number of Topliss-reactive ketones (excluding diaryl/α,β-unsaturated/α-hetero) is 1.